The van der Waals surface area contributed by atoms with Crippen LogP contribution in [0.25, 0.3) is 0 Å². The maximum atomic E-state index is 11.8. The average Bonchev–Trinajstić information content (AvgIpc) is 2.46. The monoisotopic (exact) mass is 208 g/mol. The van der Waals surface area contributed by atoms with Gasteiger partial charge in [-0.3, -0.25) is 4.79 Å². The van der Waals surface area contributed by atoms with Crippen LogP contribution in [-0.2, 0) is 6.42 Å². The van der Waals surface area contributed by atoms with Crippen molar-refractivity contribution in [1.29, 1.82) is 0 Å². The summed E-state index contributed by atoms with van der Waals surface area (Å²) in [6.45, 7) is 0. The molecule has 0 fully saturated rings. The lowest BCUT2D eigenvalue weighted by Crippen LogP contribution is -2.14. The molecule has 4 nitrogen and oxygen atoms in total. The van der Waals surface area contributed by atoms with Gasteiger partial charge in [0.1, 0.15) is 11.8 Å². The van der Waals surface area contributed by atoms with Gasteiger partial charge in [-0.05, 0) is 0 Å². The van der Waals surface area contributed by atoms with Crippen molar-refractivity contribution >= 4 is 5.91 Å². The maximum absolute atomic E-state index is 11.8. The molecule has 2 N–H and O–H groups in total. The van der Waals surface area contributed by atoms with E-state index >= 15 is 0 Å². The highest BCUT2D eigenvalue weighted by molar-refractivity contribution is 5.93. The molecule has 7 heteroatoms. The molecule has 0 atom stereocenters. The first-order valence-corrected chi connectivity index (χ1v) is 3.70. The lowest BCUT2D eigenvalue weighted by Gasteiger charge is -2.03. The van der Waals surface area contributed by atoms with Gasteiger partial charge in [0.05, 0.1) is 5.69 Å². The summed E-state index contributed by atoms with van der Waals surface area (Å²) in [5, 5.41) is 3.26. The molecule has 1 amide bonds. The smallest absolute Gasteiger partial charge is 0.365 e. The van der Waals surface area contributed by atoms with Gasteiger partial charge in [-0.15, -0.1) is 0 Å². The molecule has 0 saturated heterocycles. The minimum absolute atomic E-state index is 0.0603. The molecule has 0 radical (unpaired) electrons. The first kappa shape index (κ1) is 10.6. The number of nitrogens with zero attached hydrogens (tertiary/aromatic N) is 1. The highest BCUT2D eigenvalue weighted by atomic mass is 19.4. The van der Waals surface area contributed by atoms with E-state index in [9.17, 15) is 18.0 Å². The van der Waals surface area contributed by atoms with Crippen molar-refractivity contribution in [3.63, 3.8) is 0 Å². The van der Waals surface area contributed by atoms with E-state index in [2.05, 4.69) is 9.68 Å². The first-order chi connectivity index (χ1) is 6.40. The SMILES string of the molecule is NC(=O)c1conc1CCC(F)(F)F. The summed E-state index contributed by atoms with van der Waals surface area (Å²) in [5.41, 5.74) is 4.72. The molecule has 0 saturated carbocycles. The van der Waals surface area contributed by atoms with Crippen LogP contribution >= 0.6 is 0 Å². The van der Waals surface area contributed by atoms with Crippen molar-refractivity contribution < 1.29 is 22.5 Å². The van der Waals surface area contributed by atoms with E-state index < -0.39 is 24.9 Å². The number of carbonyl (C=O) groups is 1. The third kappa shape index (κ3) is 2.75. The zero-order valence-corrected chi connectivity index (χ0v) is 6.97. The number of amides is 1. The van der Waals surface area contributed by atoms with Gasteiger partial charge in [0.2, 0.25) is 0 Å². The number of primary amides is 1. The van der Waals surface area contributed by atoms with Crippen molar-refractivity contribution in [2.45, 2.75) is 19.0 Å². The predicted octanol–water partition coefficient (Wildman–Crippen LogP) is 1.27. The van der Waals surface area contributed by atoms with Crippen molar-refractivity contribution in [1.82, 2.24) is 5.16 Å². The summed E-state index contributed by atoms with van der Waals surface area (Å²) in [5.74, 6) is -0.844. The van der Waals surface area contributed by atoms with Gasteiger partial charge in [-0.25, -0.2) is 0 Å². The molecule has 1 aromatic heterocycles. The van der Waals surface area contributed by atoms with E-state index in [0.717, 1.165) is 6.26 Å². The van der Waals surface area contributed by atoms with Gasteiger partial charge >= 0.3 is 6.18 Å². The zero-order valence-electron chi connectivity index (χ0n) is 6.97. The van der Waals surface area contributed by atoms with Crippen molar-refractivity contribution in [3.05, 3.63) is 17.5 Å². The second-order valence-electron chi connectivity index (χ2n) is 2.65. The van der Waals surface area contributed by atoms with Gasteiger partial charge in [0.15, 0.2) is 0 Å². The molecule has 0 unspecified atom stereocenters. The standard InChI is InChI=1S/C7H7F3N2O2/c8-7(9,10)2-1-5-4(6(11)13)3-14-12-5/h3H,1-2H2,(H2,11,13). The molecular formula is C7H7F3N2O2. The summed E-state index contributed by atoms with van der Waals surface area (Å²) >= 11 is 0. The fourth-order valence-corrected chi connectivity index (χ4v) is 0.901. The predicted molar refractivity (Wildman–Crippen MR) is 39.4 cm³/mol. The molecule has 0 aliphatic heterocycles. The molecule has 1 rings (SSSR count). The second-order valence-corrected chi connectivity index (χ2v) is 2.65. The summed E-state index contributed by atoms with van der Waals surface area (Å²) in [7, 11) is 0. The maximum Gasteiger partial charge on any atom is 0.389 e. The van der Waals surface area contributed by atoms with Crippen LogP contribution in [0.1, 0.15) is 22.5 Å². The molecule has 1 aromatic rings. The lowest BCUT2D eigenvalue weighted by molar-refractivity contribution is -0.134. The zero-order chi connectivity index (χ0) is 10.8. The first-order valence-electron chi connectivity index (χ1n) is 3.70. The number of aromatic nitrogens is 1. The van der Waals surface area contributed by atoms with E-state index in [0.29, 0.717) is 0 Å². The Hall–Kier alpha value is -1.53. The van der Waals surface area contributed by atoms with Crippen molar-refractivity contribution in [2.75, 3.05) is 0 Å². The fourth-order valence-electron chi connectivity index (χ4n) is 0.901. The number of halogens is 3. The summed E-state index contributed by atoms with van der Waals surface area (Å²) in [6, 6.07) is 0. The Morgan fingerprint density at radius 2 is 2.21 bits per heavy atom. The van der Waals surface area contributed by atoms with Crippen molar-refractivity contribution in [3.8, 4) is 0 Å². The molecule has 0 aliphatic rings. The minimum Gasteiger partial charge on any atom is -0.365 e. The van der Waals surface area contributed by atoms with Crippen LogP contribution in [0.5, 0.6) is 0 Å². The third-order valence-corrected chi connectivity index (χ3v) is 1.56. The van der Waals surface area contributed by atoms with E-state index in [-0.39, 0.29) is 11.3 Å². The lowest BCUT2D eigenvalue weighted by atomic mass is 10.1. The van der Waals surface area contributed by atoms with Gasteiger partial charge in [0, 0.05) is 12.8 Å². The highest BCUT2D eigenvalue weighted by Gasteiger charge is 2.28. The van der Waals surface area contributed by atoms with Gasteiger partial charge < -0.3 is 10.3 Å². The van der Waals surface area contributed by atoms with Crippen LogP contribution in [0, 0.1) is 0 Å². The topological polar surface area (TPSA) is 69.1 Å². The van der Waals surface area contributed by atoms with Crippen LogP contribution in [0.2, 0.25) is 0 Å². The number of nitrogens with two attached hydrogens (primary N) is 1. The van der Waals surface area contributed by atoms with Crippen LogP contribution < -0.4 is 5.73 Å². The summed E-state index contributed by atoms with van der Waals surface area (Å²) < 4.78 is 39.8. The highest BCUT2D eigenvalue weighted by Crippen LogP contribution is 2.22. The summed E-state index contributed by atoms with van der Waals surface area (Å²) in [6.07, 6.45) is -4.81. The third-order valence-electron chi connectivity index (χ3n) is 1.56. The molecular weight excluding hydrogens is 201 g/mol. The number of hydrogen-bond donors (Lipinski definition) is 1. The Bertz CT molecular complexity index is 332. The molecule has 0 aliphatic carbocycles. The van der Waals surface area contributed by atoms with E-state index in [4.69, 9.17) is 5.73 Å². The Labute approximate surface area is 76.9 Å². The van der Waals surface area contributed by atoms with Crippen molar-refractivity contribution in [2.24, 2.45) is 5.73 Å². The molecule has 14 heavy (non-hydrogen) atoms. The van der Waals surface area contributed by atoms with Crippen LogP contribution in [-0.4, -0.2) is 17.2 Å². The van der Waals surface area contributed by atoms with E-state index in [1.807, 2.05) is 0 Å². The molecule has 0 bridgehead atoms. The second kappa shape index (κ2) is 3.69. The van der Waals surface area contributed by atoms with Gasteiger partial charge in [-0.2, -0.15) is 13.2 Å². The molecule has 1 heterocycles. The number of aryl methyl sites for hydroxylation is 1. The Morgan fingerprint density at radius 3 is 2.71 bits per heavy atom. The Balaban J connectivity index is 2.68. The number of carbonyl (C=O) groups excluding carboxylic acids is 1. The van der Waals surface area contributed by atoms with Gasteiger partial charge in [-0.1, -0.05) is 5.16 Å². The molecule has 0 aromatic carbocycles. The number of alkyl halides is 3. The van der Waals surface area contributed by atoms with E-state index in [1.54, 1.807) is 0 Å². The Morgan fingerprint density at radius 1 is 1.57 bits per heavy atom. The number of hydrogen-bond acceptors (Lipinski definition) is 3. The van der Waals surface area contributed by atoms with Gasteiger partial charge in [0.25, 0.3) is 5.91 Å². The average molecular weight is 208 g/mol. The van der Waals surface area contributed by atoms with Crippen LogP contribution in [0.3, 0.4) is 0 Å². The molecule has 78 valence electrons. The largest absolute Gasteiger partial charge is 0.389 e. The normalized spacial score (nSPS) is 11.6. The molecule has 0 spiro atoms. The minimum atomic E-state index is -4.28. The number of rotatable bonds is 3. The van der Waals surface area contributed by atoms with E-state index in [1.165, 1.54) is 0 Å². The fraction of sp³-hybridized carbons (Fsp3) is 0.429. The quantitative estimate of drug-likeness (QED) is 0.813. The Kier molecular flexibility index (Phi) is 2.78. The van der Waals surface area contributed by atoms with Crippen LogP contribution in [0.15, 0.2) is 10.8 Å². The summed E-state index contributed by atoms with van der Waals surface area (Å²) in [4.78, 5) is 10.6. The van der Waals surface area contributed by atoms with Crippen LogP contribution in [0.4, 0.5) is 13.2 Å².